The van der Waals surface area contributed by atoms with E-state index >= 15 is 0 Å². The Balaban J connectivity index is 1.63. The van der Waals surface area contributed by atoms with E-state index in [0.717, 1.165) is 12.1 Å². The molecule has 37 heavy (non-hydrogen) atoms. The average Bonchev–Trinajstić information content (AvgIpc) is 3.05. The molecule has 188 valence electrons. The number of alkyl halides is 3. The fraction of sp³-hybridized carbons (Fsp3) is 0.148. The summed E-state index contributed by atoms with van der Waals surface area (Å²) in [6.45, 7) is 0.0612. The Kier molecular flexibility index (Phi) is 6.24. The molecule has 0 aliphatic carbocycles. The summed E-state index contributed by atoms with van der Waals surface area (Å²) in [4.78, 5) is 13.4. The lowest BCUT2D eigenvalue weighted by Crippen LogP contribution is -2.10. The molecule has 3 aromatic carbocycles. The Morgan fingerprint density at radius 3 is 2.38 bits per heavy atom. The van der Waals surface area contributed by atoms with E-state index in [1.807, 2.05) is 0 Å². The monoisotopic (exact) mass is 508 g/mol. The van der Waals surface area contributed by atoms with Crippen molar-refractivity contribution in [2.24, 2.45) is 4.99 Å². The average molecular weight is 508 g/mol. The smallest absolute Gasteiger partial charge is 0.416 e. The molecule has 0 fully saturated rings. The topological polar surface area (TPSA) is 68.6 Å². The molecular formula is C27H20F4N4O2. The van der Waals surface area contributed by atoms with E-state index in [1.165, 1.54) is 38.6 Å². The molecule has 1 N–H and O–H groups in total. The summed E-state index contributed by atoms with van der Waals surface area (Å²) in [5.74, 6) is 0.635. The summed E-state index contributed by atoms with van der Waals surface area (Å²) in [5.41, 5.74) is 1.47. The summed E-state index contributed by atoms with van der Waals surface area (Å²) in [5, 5.41) is 3.05. The third-order valence-corrected chi connectivity index (χ3v) is 5.90. The molecule has 10 heteroatoms. The molecule has 4 aromatic rings. The highest BCUT2D eigenvalue weighted by Gasteiger charge is 2.33. The Bertz CT molecular complexity index is 1520. The zero-order valence-corrected chi connectivity index (χ0v) is 19.7. The number of ether oxygens (including phenoxy) is 2. The summed E-state index contributed by atoms with van der Waals surface area (Å²) in [7, 11) is 3.02. The third-order valence-electron chi connectivity index (χ3n) is 5.90. The van der Waals surface area contributed by atoms with Crippen molar-refractivity contribution in [3.05, 3.63) is 94.9 Å². The number of fused-ring (bicyclic) bond motifs is 3. The number of anilines is 2. The summed E-state index contributed by atoms with van der Waals surface area (Å²) in [6, 6.07) is 14.4. The second kappa shape index (κ2) is 9.53. The van der Waals surface area contributed by atoms with Crippen molar-refractivity contribution in [2.45, 2.75) is 12.7 Å². The fourth-order valence-electron chi connectivity index (χ4n) is 4.11. The van der Waals surface area contributed by atoms with Gasteiger partial charge in [0.05, 0.1) is 37.7 Å². The number of nitrogens with one attached hydrogen (secondary N) is 1. The van der Waals surface area contributed by atoms with Gasteiger partial charge in [0.2, 0.25) is 5.95 Å². The molecule has 0 radical (unpaired) electrons. The molecule has 0 bridgehead atoms. The van der Waals surface area contributed by atoms with Crippen molar-refractivity contribution in [1.82, 2.24) is 9.97 Å². The largest absolute Gasteiger partial charge is 0.493 e. The molecule has 1 aliphatic heterocycles. The first-order chi connectivity index (χ1) is 17.8. The minimum absolute atomic E-state index is 0.0612. The van der Waals surface area contributed by atoms with Crippen LogP contribution >= 0.6 is 0 Å². The fourth-order valence-corrected chi connectivity index (χ4v) is 4.11. The highest BCUT2D eigenvalue weighted by atomic mass is 19.4. The highest BCUT2D eigenvalue weighted by Crippen LogP contribution is 2.38. The van der Waals surface area contributed by atoms with Gasteiger partial charge < -0.3 is 14.8 Å². The number of halogens is 4. The highest BCUT2D eigenvalue weighted by molar-refractivity contribution is 6.17. The van der Waals surface area contributed by atoms with Crippen LogP contribution in [-0.4, -0.2) is 29.9 Å². The maximum absolute atomic E-state index is 14.7. The number of nitrogens with zero attached hydrogens (tertiary/aromatic N) is 3. The lowest BCUT2D eigenvalue weighted by Gasteiger charge is -2.15. The molecule has 0 amide bonds. The molecule has 1 aliphatic rings. The Labute approximate surface area is 209 Å². The standard InChI is InChI=1S/C27H20F4N4O2/c1-36-22-10-8-17(12-23(22)37-2)34-26-33-14-15-13-32-25(19-5-3-4-6-21(19)28)18-9-7-16(27(29,30)31)11-20(18)24(15)35-26/h3-12,14H,13H2,1-2H3,(H,33,34,35). The quantitative estimate of drug-likeness (QED) is 0.316. The maximum Gasteiger partial charge on any atom is 0.416 e. The number of hydrogen-bond acceptors (Lipinski definition) is 6. The molecule has 0 saturated heterocycles. The summed E-state index contributed by atoms with van der Waals surface area (Å²) >= 11 is 0. The van der Waals surface area contributed by atoms with Gasteiger partial charge in [0.15, 0.2) is 11.5 Å². The van der Waals surface area contributed by atoms with E-state index in [-0.39, 0.29) is 35.0 Å². The van der Waals surface area contributed by atoms with Crippen molar-refractivity contribution in [3.63, 3.8) is 0 Å². The van der Waals surface area contributed by atoms with E-state index in [1.54, 1.807) is 30.3 Å². The first-order valence-electron chi connectivity index (χ1n) is 11.1. The number of aliphatic imine (C=N–C) groups is 1. The molecule has 0 atom stereocenters. The molecule has 2 heterocycles. The summed E-state index contributed by atoms with van der Waals surface area (Å²) < 4.78 is 66.3. The molecule has 0 saturated carbocycles. The lowest BCUT2D eigenvalue weighted by atomic mass is 9.93. The van der Waals surface area contributed by atoms with Crippen molar-refractivity contribution in [3.8, 4) is 22.8 Å². The van der Waals surface area contributed by atoms with Crippen molar-refractivity contribution in [2.75, 3.05) is 19.5 Å². The van der Waals surface area contributed by atoms with Crippen molar-refractivity contribution < 1.29 is 27.0 Å². The predicted octanol–water partition coefficient (Wildman–Crippen LogP) is 6.41. The number of aromatic nitrogens is 2. The van der Waals surface area contributed by atoms with E-state index in [0.29, 0.717) is 28.3 Å². The van der Waals surface area contributed by atoms with E-state index in [4.69, 9.17) is 9.47 Å². The van der Waals surface area contributed by atoms with Crippen LogP contribution in [0.5, 0.6) is 11.5 Å². The Morgan fingerprint density at radius 1 is 0.865 bits per heavy atom. The zero-order valence-electron chi connectivity index (χ0n) is 19.7. The van der Waals surface area contributed by atoms with Crippen LogP contribution in [0, 0.1) is 5.82 Å². The minimum atomic E-state index is -4.58. The number of rotatable bonds is 5. The van der Waals surface area contributed by atoms with Crippen LogP contribution < -0.4 is 14.8 Å². The number of benzene rings is 3. The summed E-state index contributed by atoms with van der Waals surface area (Å²) in [6.07, 6.45) is -3.08. The second-order valence-electron chi connectivity index (χ2n) is 8.17. The van der Waals surface area contributed by atoms with Gasteiger partial charge in [-0.15, -0.1) is 0 Å². The normalized spacial score (nSPS) is 12.6. The van der Waals surface area contributed by atoms with Gasteiger partial charge in [0.1, 0.15) is 5.82 Å². The van der Waals surface area contributed by atoms with Crippen LogP contribution in [0.15, 0.2) is 71.9 Å². The number of hydrogen-bond donors (Lipinski definition) is 1. The van der Waals surface area contributed by atoms with Gasteiger partial charge >= 0.3 is 6.18 Å². The third kappa shape index (κ3) is 4.69. The molecule has 0 spiro atoms. The first-order valence-corrected chi connectivity index (χ1v) is 11.1. The molecule has 6 nitrogen and oxygen atoms in total. The van der Waals surface area contributed by atoms with Crippen LogP contribution in [-0.2, 0) is 12.7 Å². The number of methoxy groups -OCH3 is 2. The van der Waals surface area contributed by atoms with Gasteiger partial charge in [0.25, 0.3) is 0 Å². The van der Waals surface area contributed by atoms with Crippen LogP contribution in [0.1, 0.15) is 22.3 Å². The van der Waals surface area contributed by atoms with Crippen LogP contribution in [0.4, 0.5) is 29.2 Å². The van der Waals surface area contributed by atoms with Gasteiger partial charge in [0, 0.05) is 40.2 Å². The predicted molar refractivity (Wildman–Crippen MR) is 131 cm³/mol. The molecule has 0 unspecified atom stereocenters. The van der Waals surface area contributed by atoms with Gasteiger partial charge in [-0.1, -0.05) is 18.2 Å². The minimum Gasteiger partial charge on any atom is -0.493 e. The van der Waals surface area contributed by atoms with Crippen LogP contribution in [0.2, 0.25) is 0 Å². The van der Waals surface area contributed by atoms with E-state index in [9.17, 15) is 17.6 Å². The maximum atomic E-state index is 14.7. The first kappa shape index (κ1) is 24.2. The van der Waals surface area contributed by atoms with Gasteiger partial charge in [-0.2, -0.15) is 13.2 Å². The van der Waals surface area contributed by atoms with E-state index in [2.05, 4.69) is 20.3 Å². The SMILES string of the molecule is COc1ccc(Nc2ncc3c(n2)-c2cc(C(F)(F)F)ccc2C(c2ccccc2F)=NC3)cc1OC. The molecule has 5 rings (SSSR count). The molecule has 1 aromatic heterocycles. The Hall–Kier alpha value is -4.47. The van der Waals surface area contributed by atoms with E-state index < -0.39 is 17.6 Å². The van der Waals surface area contributed by atoms with Crippen molar-refractivity contribution >= 4 is 17.3 Å². The second-order valence-corrected chi connectivity index (χ2v) is 8.17. The van der Waals surface area contributed by atoms with Gasteiger partial charge in [-0.3, -0.25) is 4.99 Å². The zero-order chi connectivity index (χ0) is 26.2. The van der Waals surface area contributed by atoms with Crippen LogP contribution in [0.25, 0.3) is 11.3 Å². The molecular weight excluding hydrogens is 488 g/mol. The van der Waals surface area contributed by atoms with Gasteiger partial charge in [-0.05, 0) is 36.4 Å². The van der Waals surface area contributed by atoms with Crippen molar-refractivity contribution in [1.29, 1.82) is 0 Å². The van der Waals surface area contributed by atoms with Crippen LogP contribution in [0.3, 0.4) is 0 Å². The Morgan fingerprint density at radius 2 is 1.65 bits per heavy atom. The van der Waals surface area contributed by atoms with Gasteiger partial charge in [-0.25, -0.2) is 14.4 Å². The lowest BCUT2D eigenvalue weighted by molar-refractivity contribution is -0.137.